The van der Waals surface area contributed by atoms with Gasteiger partial charge in [0.2, 0.25) is 5.91 Å². The molecule has 0 radical (unpaired) electrons. The van der Waals surface area contributed by atoms with Crippen LogP contribution in [0.5, 0.6) is 0 Å². The largest absolute Gasteiger partial charge is 0.478 e. The first-order valence-corrected chi connectivity index (χ1v) is 9.49. The van der Waals surface area contributed by atoms with E-state index in [-0.39, 0.29) is 5.91 Å². The Kier molecular flexibility index (Phi) is 8.73. The molecule has 3 aromatic carbocycles. The molecule has 0 atom stereocenters. The molecule has 0 aromatic heterocycles. The van der Waals surface area contributed by atoms with Crippen LogP contribution in [0.3, 0.4) is 0 Å². The average molecular weight is 417 g/mol. The highest BCUT2D eigenvalue weighted by molar-refractivity contribution is 5.94. The van der Waals surface area contributed by atoms with Crippen LogP contribution < -0.4 is 5.73 Å². The van der Waals surface area contributed by atoms with Crippen LogP contribution in [0, 0.1) is 0 Å². The fourth-order valence-corrected chi connectivity index (χ4v) is 3.00. The minimum absolute atomic E-state index is 0.370. The Hall–Kier alpha value is -4.19. The van der Waals surface area contributed by atoms with Crippen molar-refractivity contribution in [1.29, 1.82) is 0 Å². The van der Waals surface area contributed by atoms with E-state index in [1.165, 1.54) is 11.1 Å². The molecular formula is C25H23NO5. The summed E-state index contributed by atoms with van der Waals surface area (Å²) >= 11 is 0. The van der Waals surface area contributed by atoms with E-state index in [1.807, 2.05) is 48.5 Å². The SMILES string of the molecule is NC(=O)c1cccc(Cc2ccccc2)c1Cc1ccccc1.O=C(O)/C=C\C(=O)O. The summed E-state index contributed by atoms with van der Waals surface area (Å²) in [6.07, 6.45) is 2.62. The maximum atomic E-state index is 11.8. The predicted octanol–water partition coefficient (Wildman–Crippen LogP) is 3.68. The quantitative estimate of drug-likeness (QED) is 0.507. The van der Waals surface area contributed by atoms with Gasteiger partial charge in [0.05, 0.1) is 0 Å². The van der Waals surface area contributed by atoms with Crippen LogP contribution in [0.2, 0.25) is 0 Å². The lowest BCUT2D eigenvalue weighted by Gasteiger charge is -2.14. The van der Waals surface area contributed by atoms with Gasteiger partial charge in [-0.3, -0.25) is 4.79 Å². The number of carbonyl (C=O) groups excluding carboxylic acids is 1. The molecule has 0 aliphatic carbocycles. The number of carboxylic acid groups (broad SMARTS) is 2. The van der Waals surface area contributed by atoms with E-state index in [0.717, 1.165) is 17.5 Å². The normalized spacial score (nSPS) is 10.2. The van der Waals surface area contributed by atoms with E-state index < -0.39 is 11.9 Å². The van der Waals surface area contributed by atoms with Crippen molar-refractivity contribution in [3.8, 4) is 0 Å². The van der Waals surface area contributed by atoms with Crippen LogP contribution >= 0.6 is 0 Å². The van der Waals surface area contributed by atoms with Gasteiger partial charge in [0.1, 0.15) is 0 Å². The molecule has 0 aliphatic heterocycles. The molecule has 0 saturated carbocycles. The summed E-state index contributed by atoms with van der Waals surface area (Å²) in [5.41, 5.74) is 10.8. The molecule has 0 saturated heterocycles. The second kappa shape index (κ2) is 11.7. The minimum Gasteiger partial charge on any atom is -0.478 e. The summed E-state index contributed by atoms with van der Waals surface area (Å²) in [5, 5.41) is 15.6. The molecule has 158 valence electrons. The zero-order valence-electron chi connectivity index (χ0n) is 16.8. The van der Waals surface area contributed by atoms with Crippen LogP contribution in [-0.2, 0) is 22.4 Å². The minimum atomic E-state index is -1.26. The fraction of sp³-hybridized carbons (Fsp3) is 0.0800. The number of amides is 1. The van der Waals surface area contributed by atoms with Crippen LogP contribution in [0.4, 0.5) is 0 Å². The topological polar surface area (TPSA) is 118 Å². The molecule has 0 aliphatic rings. The number of nitrogens with two attached hydrogens (primary N) is 1. The lowest BCUT2D eigenvalue weighted by molar-refractivity contribution is -0.134. The first-order chi connectivity index (χ1) is 14.9. The highest BCUT2D eigenvalue weighted by Gasteiger charge is 2.13. The Bertz CT molecular complexity index is 1040. The molecule has 0 bridgehead atoms. The second-order valence-corrected chi connectivity index (χ2v) is 6.64. The fourth-order valence-electron chi connectivity index (χ4n) is 3.00. The number of hydrogen-bond acceptors (Lipinski definition) is 3. The number of rotatable bonds is 7. The van der Waals surface area contributed by atoms with E-state index in [4.69, 9.17) is 15.9 Å². The molecule has 3 aromatic rings. The van der Waals surface area contributed by atoms with Crippen molar-refractivity contribution < 1.29 is 24.6 Å². The first kappa shape index (κ1) is 23.1. The van der Waals surface area contributed by atoms with Crippen molar-refractivity contribution in [2.75, 3.05) is 0 Å². The van der Waals surface area contributed by atoms with Crippen molar-refractivity contribution >= 4 is 17.8 Å². The molecule has 3 rings (SSSR count). The standard InChI is InChI=1S/C21H19NO.C4H4O4/c22-21(23)19-13-7-12-18(14-16-8-3-1-4-9-16)20(19)15-17-10-5-2-6-11-17;5-3(6)1-2-4(7)8/h1-13H,14-15H2,(H2,22,23);1-2H,(H,5,6)(H,7,8)/b;2-1-. The van der Waals surface area contributed by atoms with Crippen LogP contribution in [0.1, 0.15) is 32.6 Å². The molecule has 6 nitrogen and oxygen atoms in total. The Morgan fingerprint density at radius 3 is 1.61 bits per heavy atom. The van der Waals surface area contributed by atoms with Gasteiger partial charge in [0, 0.05) is 17.7 Å². The zero-order chi connectivity index (χ0) is 22.6. The van der Waals surface area contributed by atoms with Gasteiger partial charge in [-0.05, 0) is 41.2 Å². The number of benzene rings is 3. The van der Waals surface area contributed by atoms with E-state index in [0.29, 0.717) is 24.1 Å². The summed E-state index contributed by atoms with van der Waals surface area (Å²) in [7, 11) is 0. The maximum absolute atomic E-state index is 11.8. The van der Waals surface area contributed by atoms with Gasteiger partial charge < -0.3 is 15.9 Å². The van der Waals surface area contributed by atoms with E-state index in [9.17, 15) is 14.4 Å². The van der Waals surface area contributed by atoms with Crippen molar-refractivity contribution in [3.05, 3.63) is 119 Å². The lowest BCUT2D eigenvalue weighted by Crippen LogP contribution is -2.15. The van der Waals surface area contributed by atoms with E-state index >= 15 is 0 Å². The Balaban J connectivity index is 0.000000366. The average Bonchev–Trinajstić information content (AvgIpc) is 2.75. The predicted molar refractivity (Wildman–Crippen MR) is 118 cm³/mol. The maximum Gasteiger partial charge on any atom is 0.328 e. The van der Waals surface area contributed by atoms with Crippen molar-refractivity contribution in [2.24, 2.45) is 5.73 Å². The van der Waals surface area contributed by atoms with Gasteiger partial charge in [0.25, 0.3) is 0 Å². The van der Waals surface area contributed by atoms with Crippen molar-refractivity contribution in [2.45, 2.75) is 12.8 Å². The Morgan fingerprint density at radius 2 is 1.16 bits per heavy atom. The van der Waals surface area contributed by atoms with Crippen LogP contribution in [-0.4, -0.2) is 28.1 Å². The van der Waals surface area contributed by atoms with Crippen LogP contribution in [0.25, 0.3) is 0 Å². The number of aliphatic carboxylic acids is 2. The lowest BCUT2D eigenvalue weighted by atomic mass is 9.91. The molecule has 0 fully saturated rings. The Labute approximate surface area is 180 Å². The molecule has 1 amide bonds. The van der Waals surface area contributed by atoms with Crippen molar-refractivity contribution in [3.63, 3.8) is 0 Å². The van der Waals surface area contributed by atoms with Gasteiger partial charge in [0.15, 0.2) is 0 Å². The third-order valence-electron chi connectivity index (χ3n) is 4.37. The van der Waals surface area contributed by atoms with Crippen LogP contribution in [0.15, 0.2) is 91.0 Å². The monoisotopic (exact) mass is 417 g/mol. The molecule has 0 heterocycles. The highest BCUT2D eigenvalue weighted by atomic mass is 16.4. The van der Waals surface area contributed by atoms with Gasteiger partial charge in [-0.25, -0.2) is 9.59 Å². The summed E-state index contributed by atoms with van der Waals surface area (Å²) in [5.74, 6) is -2.88. The van der Waals surface area contributed by atoms with Gasteiger partial charge in [-0.1, -0.05) is 72.8 Å². The molecular weight excluding hydrogens is 394 g/mol. The van der Waals surface area contributed by atoms with Gasteiger partial charge in [-0.15, -0.1) is 0 Å². The summed E-state index contributed by atoms with van der Waals surface area (Å²) in [6, 6.07) is 26.2. The highest BCUT2D eigenvalue weighted by Crippen LogP contribution is 2.22. The summed E-state index contributed by atoms with van der Waals surface area (Å²) in [4.78, 5) is 30.9. The Morgan fingerprint density at radius 1 is 0.677 bits per heavy atom. The van der Waals surface area contributed by atoms with Gasteiger partial charge in [-0.2, -0.15) is 0 Å². The number of hydrogen-bond donors (Lipinski definition) is 3. The second-order valence-electron chi connectivity index (χ2n) is 6.64. The molecule has 0 spiro atoms. The summed E-state index contributed by atoms with van der Waals surface area (Å²) < 4.78 is 0. The summed E-state index contributed by atoms with van der Waals surface area (Å²) in [6.45, 7) is 0. The number of carboxylic acids is 2. The molecule has 4 N–H and O–H groups in total. The number of primary amides is 1. The molecule has 31 heavy (non-hydrogen) atoms. The number of carbonyl (C=O) groups is 3. The molecule has 6 heteroatoms. The van der Waals surface area contributed by atoms with Crippen molar-refractivity contribution in [1.82, 2.24) is 0 Å². The van der Waals surface area contributed by atoms with E-state index in [2.05, 4.69) is 30.3 Å². The zero-order valence-corrected chi connectivity index (χ0v) is 16.8. The molecule has 0 unspecified atom stereocenters. The first-order valence-electron chi connectivity index (χ1n) is 9.49. The third kappa shape index (κ3) is 7.98. The van der Waals surface area contributed by atoms with E-state index in [1.54, 1.807) is 0 Å². The van der Waals surface area contributed by atoms with Gasteiger partial charge >= 0.3 is 11.9 Å². The smallest absolute Gasteiger partial charge is 0.328 e. The third-order valence-corrected chi connectivity index (χ3v) is 4.37.